The minimum Gasteiger partial charge on any atom is -0.497 e. The molecule has 3 aromatic rings. The van der Waals surface area contributed by atoms with Crippen molar-refractivity contribution in [1.82, 2.24) is 10.6 Å². The van der Waals surface area contributed by atoms with Crippen LogP contribution in [-0.2, 0) is 4.79 Å². The zero-order valence-electron chi connectivity index (χ0n) is 18.7. The molecule has 0 aliphatic heterocycles. The topological polar surface area (TPSA) is 99.0 Å². The molecule has 2 N–H and O–H groups in total. The van der Waals surface area contributed by atoms with Gasteiger partial charge in [0, 0.05) is 11.6 Å². The smallest absolute Gasteiger partial charge is 0.268 e. The number of carbonyl (C=O) groups is 2. The molecule has 0 fully saturated rings. The maximum Gasteiger partial charge on any atom is 0.268 e. The quantitative estimate of drug-likeness (QED) is 0.458. The van der Waals surface area contributed by atoms with Crippen molar-refractivity contribution in [3.8, 4) is 17.2 Å². The average molecular weight is 450 g/mol. The predicted molar refractivity (Wildman–Crippen MR) is 123 cm³/mol. The van der Waals surface area contributed by atoms with Gasteiger partial charge in [0.1, 0.15) is 23.8 Å². The van der Waals surface area contributed by atoms with Crippen LogP contribution in [0.4, 0.5) is 0 Å². The number of hydrogen-bond donors (Lipinski definition) is 2. The van der Waals surface area contributed by atoms with Gasteiger partial charge in [-0.3, -0.25) is 9.59 Å². The molecule has 0 spiro atoms. The van der Waals surface area contributed by atoms with Gasteiger partial charge < -0.3 is 29.3 Å². The lowest BCUT2D eigenvalue weighted by atomic mass is 10.2. The van der Waals surface area contributed by atoms with Crippen molar-refractivity contribution in [3.63, 3.8) is 0 Å². The molecular formula is C25H26N2O6. The molecule has 2 aromatic carbocycles. The molecule has 3 rings (SSSR count). The molecule has 33 heavy (non-hydrogen) atoms. The van der Waals surface area contributed by atoms with Gasteiger partial charge in [-0.05, 0) is 55.5 Å². The van der Waals surface area contributed by atoms with E-state index in [9.17, 15) is 9.59 Å². The van der Waals surface area contributed by atoms with E-state index < -0.39 is 11.8 Å². The Kier molecular flexibility index (Phi) is 8.13. The van der Waals surface area contributed by atoms with Gasteiger partial charge in [0.25, 0.3) is 11.8 Å². The first-order chi connectivity index (χ1) is 16.0. The fourth-order valence-electron chi connectivity index (χ4n) is 2.91. The second-order valence-electron chi connectivity index (χ2n) is 7.09. The normalized spacial score (nSPS) is 11.9. The average Bonchev–Trinajstić information content (AvgIpc) is 3.35. The van der Waals surface area contributed by atoms with E-state index in [2.05, 4.69) is 10.6 Å². The summed E-state index contributed by atoms with van der Waals surface area (Å²) in [5, 5.41) is 5.48. The number of para-hydroxylation sites is 2. The van der Waals surface area contributed by atoms with E-state index in [0.29, 0.717) is 28.6 Å². The van der Waals surface area contributed by atoms with Crippen LogP contribution in [0.3, 0.4) is 0 Å². The second kappa shape index (κ2) is 11.4. The Morgan fingerprint density at radius 2 is 1.70 bits per heavy atom. The summed E-state index contributed by atoms with van der Waals surface area (Å²) in [6, 6.07) is 16.8. The summed E-state index contributed by atoms with van der Waals surface area (Å²) in [4.78, 5) is 25.7. The molecular weight excluding hydrogens is 424 g/mol. The first kappa shape index (κ1) is 23.5. The zero-order valence-corrected chi connectivity index (χ0v) is 18.7. The van der Waals surface area contributed by atoms with Crippen LogP contribution >= 0.6 is 0 Å². The first-order valence-corrected chi connectivity index (χ1v) is 10.3. The van der Waals surface area contributed by atoms with E-state index >= 15 is 0 Å². The largest absolute Gasteiger partial charge is 0.497 e. The molecule has 2 amide bonds. The summed E-state index contributed by atoms with van der Waals surface area (Å²) in [6.45, 7) is 2.00. The molecule has 1 atom stereocenters. The maximum atomic E-state index is 12.9. The molecule has 1 heterocycles. The maximum absolute atomic E-state index is 12.9. The van der Waals surface area contributed by atoms with Gasteiger partial charge in [0.05, 0.1) is 26.5 Å². The Hall–Kier alpha value is -4.20. The van der Waals surface area contributed by atoms with E-state index in [1.807, 2.05) is 12.1 Å². The summed E-state index contributed by atoms with van der Waals surface area (Å²) in [5.74, 6) is 1.29. The number of benzene rings is 2. The highest BCUT2D eigenvalue weighted by Gasteiger charge is 2.18. The van der Waals surface area contributed by atoms with Crippen LogP contribution in [0.5, 0.6) is 17.2 Å². The van der Waals surface area contributed by atoms with Crippen LogP contribution < -0.4 is 24.8 Å². The molecule has 8 nitrogen and oxygen atoms in total. The third-order valence-corrected chi connectivity index (χ3v) is 4.61. The SMILES string of the molecule is COc1ccc(C(=O)N/C(=C\c2ccco2)C(=O)N[C@@H](C)COc2ccccc2OC)cc1. The summed E-state index contributed by atoms with van der Waals surface area (Å²) in [6.07, 6.45) is 2.95. The Balaban J connectivity index is 1.68. The van der Waals surface area contributed by atoms with Gasteiger partial charge in [-0.15, -0.1) is 0 Å². The Morgan fingerprint density at radius 3 is 2.33 bits per heavy atom. The molecule has 0 bridgehead atoms. The molecule has 0 aliphatic carbocycles. The lowest BCUT2D eigenvalue weighted by Crippen LogP contribution is -2.41. The standard InChI is InChI=1S/C25H26N2O6/c1-17(16-33-23-9-5-4-8-22(23)31-3)26-25(29)21(15-20-7-6-14-32-20)27-24(28)18-10-12-19(30-2)13-11-18/h4-15,17H,16H2,1-3H3,(H,26,29)(H,27,28)/b21-15-/t17-/m0/s1. The molecule has 8 heteroatoms. The van der Waals surface area contributed by atoms with Crippen molar-refractivity contribution >= 4 is 17.9 Å². The molecule has 0 saturated heterocycles. The van der Waals surface area contributed by atoms with Gasteiger partial charge in [0.15, 0.2) is 11.5 Å². The number of methoxy groups -OCH3 is 2. The molecule has 0 saturated carbocycles. The summed E-state index contributed by atoms with van der Waals surface area (Å²) < 4.78 is 21.5. The lowest BCUT2D eigenvalue weighted by Gasteiger charge is -2.18. The molecule has 0 radical (unpaired) electrons. The van der Waals surface area contributed by atoms with Crippen molar-refractivity contribution in [2.75, 3.05) is 20.8 Å². The van der Waals surface area contributed by atoms with Crippen LogP contribution in [0, 0.1) is 0 Å². The minimum atomic E-state index is -0.482. The molecule has 172 valence electrons. The molecule has 0 aliphatic rings. The van der Waals surface area contributed by atoms with Gasteiger partial charge >= 0.3 is 0 Å². The Labute approximate surface area is 192 Å². The van der Waals surface area contributed by atoms with Gasteiger partial charge in [-0.1, -0.05) is 12.1 Å². The van der Waals surface area contributed by atoms with Crippen molar-refractivity contribution in [2.24, 2.45) is 0 Å². The number of carbonyl (C=O) groups excluding carboxylic acids is 2. The second-order valence-corrected chi connectivity index (χ2v) is 7.09. The number of hydrogen-bond acceptors (Lipinski definition) is 6. The van der Waals surface area contributed by atoms with Crippen LogP contribution in [-0.4, -0.2) is 38.7 Å². The monoisotopic (exact) mass is 450 g/mol. The molecule has 0 unspecified atom stereocenters. The Morgan fingerprint density at radius 1 is 0.970 bits per heavy atom. The Bertz CT molecular complexity index is 1090. The number of rotatable bonds is 10. The number of amides is 2. The number of furan rings is 1. The fourth-order valence-corrected chi connectivity index (χ4v) is 2.91. The van der Waals surface area contributed by atoms with Crippen molar-refractivity contribution in [1.29, 1.82) is 0 Å². The number of nitrogens with one attached hydrogen (secondary N) is 2. The highest BCUT2D eigenvalue weighted by Crippen LogP contribution is 2.25. The van der Waals surface area contributed by atoms with Gasteiger partial charge in [-0.2, -0.15) is 0 Å². The van der Waals surface area contributed by atoms with Gasteiger partial charge in [0.2, 0.25) is 0 Å². The summed E-state index contributed by atoms with van der Waals surface area (Å²) >= 11 is 0. The third kappa shape index (κ3) is 6.64. The van der Waals surface area contributed by atoms with Crippen molar-refractivity contribution < 1.29 is 28.2 Å². The summed E-state index contributed by atoms with van der Waals surface area (Å²) in [7, 11) is 3.10. The first-order valence-electron chi connectivity index (χ1n) is 10.3. The summed E-state index contributed by atoms with van der Waals surface area (Å²) in [5.41, 5.74) is 0.413. The highest BCUT2D eigenvalue weighted by atomic mass is 16.5. The van der Waals surface area contributed by atoms with E-state index in [0.717, 1.165) is 0 Å². The van der Waals surface area contributed by atoms with Crippen molar-refractivity contribution in [3.05, 3.63) is 83.9 Å². The van der Waals surface area contributed by atoms with E-state index in [-0.39, 0.29) is 18.3 Å². The van der Waals surface area contributed by atoms with Crippen LogP contribution in [0.1, 0.15) is 23.0 Å². The van der Waals surface area contributed by atoms with Crippen molar-refractivity contribution in [2.45, 2.75) is 13.0 Å². The van der Waals surface area contributed by atoms with Crippen LogP contribution in [0.25, 0.3) is 6.08 Å². The lowest BCUT2D eigenvalue weighted by molar-refractivity contribution is -0.118. The van der Waals surface area contributed by atoms with Crippen LogP contribution in [0.2, 0.25) is 0 Å². The van der Waals surface area contributed by atoms with E-state index in [1.54, 1.807) is 69.7 Å². The third-order valence-electron chi connectivity index (χ3n) is 4.61. The molecule has 1 aromatic heterocycles. The van der Waals surface area contributed by atoms with E-state index in [1.165, 1.54) is 12.3 Å². The van der Waals surface area contributed by atoms with Gasteiger partial charge in [-0.25, -0.2) is 0 Å². The number of ether oxygens (including phenoxy) is 3. The zero-order chi connectivity index (χ0) is 23.6. The minimum absolute atomic E-state index is 0.0370. The predicted octanol–water partition coefficient (Wildman–Crippen LogP) is 3.65. The van der Waals surface area contributed by atoms with E-state index in [4.69, 9.17) is 18.6 Å². The van der Waals surface area contributed by atoms with Crippen LogP contribution in [0.15, 0.2) is 77.0 Å². The highest BCUT2D eigenvalue weighted by molar-refractivity contribution is 6.05. The fraction of sp³-hybridized carbons (Fsp3) is 0.200.